The molecule has 0 fully saturated rings. The molecule has 128 valence electrons. The molecule has 0 bridgehead atoms. The fraction of sp³-hybridized carbons (Fsp3) is 0.235. The number of aliphatic imine (C=N–C) groups is 1. The number of nitrogens with zero attached hydrogens (tertiary/aromatic N) is 2. The van der Waals surface area contributed by atoms with Crippen molar-refractivity contribution in [3.63, 3.8) is 0 Å². The average molecular weight is 347 g/mol. The number of hydrogen-bond donors (Lipinski definition) is 1. The van der Waals surface area contributed by atoms with E-state index in [4.69, 9.17) is 10.5 Å². The number of carbonyl (C=O) groups excluding carboxylic acids is 1. The summed E-state index contributed by atoms with van der Waals surface area (Å²) < 4.78 is 45.1. The van der Waals surface area contributed by atoms with E-state index in [0.717, 1.165) is 6.07 Å². The third-order valence-corrected chi connectivity index (χ3v) is 4.53. The van der Waals surface area contributed by atoms with E-state index in [0.29, 0.717) is 11.3 Å². The molecule has 8 heteroatoms. The van der Waals surface area contributed by atoms with Gasteiger partial charge < -0.3 is 10.5 Å². The van der Waals surface area contributed by atoms with E-state index in [1.807, 2.05) is 0 Å². The summed E-state index contributed by atoms with van der Waals surface area (Å²) in [5.74, 6) is -0.321. The summed E-state index contributed by atoms with van der Waals surface area (Å²) in [6.45, 7) is 0.162. The maximum absolute atomic E-state index is 13.2. The summed E-state index contributed by atoms with van der Waals surface area (Å²) >= 11 is 0. The Hall–Kier alpha value is -2.90. The van der Waals surface area contributed by atoms with Gasteiger partial charge >= 0.3 is 6.18 Å². The number of fused-ring (bicyclic) bond motifs is 4. The minimum absolute atomic E-state index is 0.0180. The van der Waals surface area contributed by atoms with Crippen LogP contribution in [0.3, 0.4) is 0 Å². The van der Waals surface area contributed by atoms with Crippen molar-refractivity contribution in [1.82, 2.24) is 4.98 Å². The number of ether oxygens (including phenoxy) is 1. The van der Waals surface area contributed by atoms with Crippen molar-refractivity contribution in [1.29, 1.82) is 0 Å². The molecule has 1 amide bonds. The van der Waals surface area contributed by atoms with Crippen LogP contribution in [0.1, 0.15) is 28.9 Å². The van der Waals surface area contributed by atoms with Crippen LogP contribution in [0.2, 0.25) is 0 Å². The average Bonchev–Trinajstić information content (AvgIpc) is 2.59. The lowest BCUT2D eigenvalue weighted by molar-refractivity contribution is -0.141. The molecule has 4 rings (SSSR count). The molecule has 3 heterocycles. The highest BCUT2D eigenvalue weighted by Crippen LogP contribution is 2.47. The number of pyridine rings is 1. The van der Waals surface area contributed by atoms with E-state index in [1.165, 1.54) is 6.07 Å². The lowest BCUT2D eigenvalue weighted by Crippen LogP contribution is -2.47. The van der Waals surface area contributed by atoms with E-state index in [1.54, 1.807) is 24.3 Å². The van der Waals surface area contributed by atoms with Crippen molar-refractivity contribution in [2.45, 2.75) is 18.0 Å². The maximum Gasteiger partial charge on any atom is 0.433 e. The Morgan fingerprint density at radius 2 is 1.92 bits per heavy atom. The van der Waals surface area contributed by atoms with Gasteiger partial charge in [-0.25, -0.2) is 4.98 Å². The molecular weight excluding hydrogens is 335 g/mol. The SMILES string of the molecule is NC1=NC(=O)[C@@]2(CCOc3ccccc32)c2nc(C(F)(F)F)ccc21. The zero-order valence-corrected chi connectivity index (χ0v) is 12.8. The summed E-state index contributed by atoms with van der Waals surface area (Å²) in [6.07, 6.45) is -4.49. The van der Waals surface area contributed by atoms with Crippen molar-refractivity contribution in [3.05, 3.63) is 58.9 Å². The number of aromatic nitrogens is 1. The number of amidine groups is 1. The number of alkyl halides is 3. The van der Waals surface area contributed by atoms with Crippen LogP contribution >= 0.6 is 0 Å². The molecule has 25 heavy (non-hydrogen) atoms. The summed E-state index contributed by atoms with van der Waals surface area (Å²) in [5, 5.41) is 0. The van der Waals surface area contributed by atoms with Gasteiger partial charge in [-0.15, -0.1) is 0 Å². The highest BCUT2D eigenvalue weighted by Gasteiger charge is 2.51. The number of halogens is 3. The van der Waals surface area contributed by atoms with Crippen LogP contribution in [0.15, 0.2) is 41.4 Å². The molecule has 1 aromatic carbocycles. The first kappa shape index (κ1) is 15.6. The van der Waals surface area contributed by atoms with Gasteiger partial charge in [-0.1, -0.05) is 18.2 Å². The number of carbonyl (C=O) groups is 1. The number of benzene rings is 1. The van der Waals surface area contributed by atoms with E-state index in [2.05, 4.69) is 9.98 Å². The predicted molar refractivity (Wildman–Crippen MR) is 82.3 cm³/mol. The van der Waals surface area contributed by atoms with Crippen molar-refractivity contribution in [2.75, 3.05) is 6.61 Å². The molecule has 5 nitrogen and oxygen atoms in total. The van der Waals surface area contributed by atoms with Gasteiger partial charge in [0.15, 0.2) is 0 Å². The summed E-state index contributed by atoms with van der Waals surface area (Å²) in [5.41, 5.74) is 3.96. The second kappa shape index (κ2) is 5.05. The van der Waals surface area contributed by atoms with Crippen molar-refractivity contribution >= 4 is 11.7 Å². The molecule has 2 aromatic rings. The first-order chi connectivity index (χ1) is 11.8. The molecule has 0 aliphatic carbocycles. The second-order valence-corrected chi connectivity index (χ2v) is 5.89. The monoisotopic (exact) mass is 347 g/mol. The molecule has 0 saturated carbocycles. The lowest BCUT2D eigenvalue weighted by atomic mass is 9.69. The van der Waals surface area contributed by atoms with Crippen molar-refractivity contribution in [3.8, 4) is 5.75 Å². The van der Waals surface area contributed by atoms with Gasteiger partial charge in [0.25, 0.3) is 5.91 Å². The zero-order valence-electron chi connectivity index (χ0n) is 12.8. The van der Waals surface area contributed by atoms with Gasteiger partial charge in [0.1, 0.15) is 22.7 Å². The van der Waals surface area contributed by atoms with Crippen LogP contribution in [0.5, 0.6) is 5.75 Å². The minimum atomic E-state index is -4.63. The standard InChI is InChI=1S/C17H12F3N3O2/c18-17(19,20)12-6-5-9-13(22-12)16(15(24)23-14(9)21)7-8-25-11-4-2-1-3-10(11)16/h1-6H,7-8H2,(H2,21,23,24)/t16-/m1/s1. The number of rotatable bonds is 0. The predicted octanol–water partition coefficient (Wildman–Crippen LogP) is 2.41. The summed E-state index contributed by atoms with van der Waals surface area (Å²) in [7, 11) is 0. The summed E-state index contributed by atoms with van der Waals surface area (Å²) in [4.78, 5) is 20.5. The molecular formula is C17H12F3N3O2. The highest BCUT2D eigenvalue weighted by molar-refractivity contribution is 6.13. The first-order valence-corrected chi connectivity index (χ1v) is 7.54. The van der Waals surface area contributed by atoms with E-state index < -0.39 is 23.2 Å². The van der Waals surface area contributed by atoms with E-state index >= 15 is 0 Å². The zero-order chi connectivity index (χ0) is 17.8. The third kappa shape index (κ3) is 2.13. The van der Waals surface area contributed by atoms with Crippen LogP contribution in [0.25, 0.3) is 0 Å². The topological polar surface area (TPSA) is 77.6 Å². The van der Waals surface area contributed by atoms with Gasteiger partial charge in [0.05, 0.1) is 12.3 Å². The number of nitrogens with two attached hydrogens (primary N) is 1. The first-order valence-electron chi connectivity index (χ1n) is 7.54. The Kier molecular flexibility index (Phi) is 3.15. The smallest absolute Gasteiger partial charge is 0.433 e. The molecule has 0 unspecified atom stereocenters. The molecule has 2 N–H and O–H groups in total. The van der Waals surface area contributed by atoms with Crippen LogP contribution in [0, 0.1) is 0 Å². The normalized spacial score (nSPS) is 22.0. The fourth-order valence-electron chi connectivity index (χ4n) is 3.38. The summed E-state index contributed by atoms with van der Waals surface area (Å²) in [6, 6.07) is 8.79. The molecule has 1 aromatic heterocycles. The Morgan fingerprint density at radius 3 is 2.68 bits per heavy atom. The molecule has 2 aliphatic rings. The second-order valence-electron chi connectivity index (χ2n) is 5.89. The highest BCUT2D eigenvalue weighted by atomic mass is 19.4. The quantitative estimate of drug-likeness (QED) is 0.794. The van der Waals surface area contributed by atoms with Gasteiger partial charge in [-0.2, -0.15) is 18.2 Å². The number of para-hydroxylation sites is 1. The maximum atomic E-state index is 13.2. The largest absolute Gasteiger partial charge is 0.493 e. The molecule has 0 radical (unpaired) electrons. The van der Waals surface area contributed by atoms with E-state index in [-0.39, 0.29) is 30.1 Å². The Morgan fingerprint density at radius 1 is 1.16 bits per heavy atom. The van der Waals surface area contributed by atoms with Crippen LogP contribution in [-0.2, 0) is 16.4 Å². The van der Waals surface area contributed by atoms with Crippen LogP contribution in [-0.4, -0.2) is 23.3 Å². The fourth-order valence-corrected chi connectivity index (χ4v) is 3.38. The van der Waals surface area contributed by atoms with Gasteiger partial charge in [-0.3, -0.25) is 4.79 Å². The third-order valence-electron chi connectivity index (χ3n) is 4.53. The Balaban J connectivity index is 2.05. The Bertz CT molecular complexity index is 924. The number of hydrogen-bond acceptors (Lipinski definition) is 4. The lowest BCUT2D eigenvalue weighted by Gasteiger charge is -2.38. The molecule has 1 atom stereocenters. The Labute approximate surface area is 140 Å². The van der Waals surface area contributed by atoms with E-state index in [9.17, 15) is 18.0 Å². The van der Waals surface area contributed by atoms with Crippen LogP contribution < -0.4 is 10.5 Å². The minimum Gasteiger partial charge on any atom is -0.493 e. The number of amides is 1. The van der Waals surface area contributed by atoms with Crippen molar-refractivity contribution < 1.29 is 22.7 Å². The molecule has 1 spiro atoms. The van der Waals surface area contributed by atoms with Gasteiger partial charge in [0.2, 0.25) is 0 Å². The van der Waals surface area contributed by atoms with Crippen LogP contribution in [0.4, 0.5) is 13.2 Å². The van der Waals surface area contributed by atoms with Gasteiger partial charge in [0, 0.05) is 17.5 Å². The molecule has 0 saturated heterocycles. The van der Waals surface area contributed by atoms with Gasteiger partial charge in [-0.05, 0) is 18.2 Å². The molecule has 2 aliphatic heterocycles. The van der Waals surface area contributed by atoms with Crippen molar-refractivity contribution in [2.24, 2.45) is 10.7 Å².